The largest absolute Gasteiger partial charge is 0.508 e. The first-order valence-corrected chi connectivity index (χ1v) is 8.57. The van der Waals surface area contributed by atoms with Gasteiger partial charge in [0.2, 0.25) is 12.7 Å². The second kappa shape index (κ2) is 8.77. The third-order valence-corrected chi connectivity index (χ3v) is 4.03. The highest BCUT2D eigenvalue weighted by Gasteiger charge is 2.19. The van der Waals surface area contributed by atoms with Gasteiger partial charge in [0.1, 0.15) is 11.8 Å². The molecule has 2 aromatic rings. The summed E-state index contributed by atoms with van der Waals surface area (Å²) in [5, 5.41) is 21.0. The number of carbonyl (C=O) groups excluding carboxylic acids is 1. The Morgan fingerprint density at radius 1 is 1.07 bits per heavy atom. The van der Waals surface area contributed by atoms with Crippen LogP contribution >= 0.6 is 0 Å². The number of allylic oxidation sites excluding steroid dienone is 2. The van der Waals surface area contributed by atoms with E-state index in [-0.39, 0.29) is 19.0 Å². The molecule has 1 amide bonds. The van der Waals surface area contributed by atoms with E-state index in [2.05, 4.69) is 5.32 Å². The van der Waals surface area contributed by atoms with Gasteiger partial charge < -0.3 is 25.0 Å². The van der Waals surface area contributed by atoms with Crippen LogP contribution in [0.25, 0.3) is 6.08 Å². The number of benzene rings is 2. The van der Waals surface area contributed by atoms with Gasteiger partial charge in [-0.1, -0.05) is 36.4 Å². The third kappa shape index (κ3) is 5.14. The Hall–Kier alpha value is -3.74. The maximum atomic E-state index is 12.0. The smallest absolute Gasteiger partial charge is 0.326 e. The summed E-state index contributed by atoms with van der Waals surface area (Å²) >= 11 is 0. The maximum Gasteiger partial charge on any atom is 0.326 e. The van der Waals surface area contributed by atoms with Crippen LogP contribution in [0.5, 0.6) is 17.2 Å². The van der Waals surface area contributed by atoms with Crippen molar-refractivity contribution in [2.75, 3.05) is 6.79 Å². The molecule has 7 nitrogen and oxygen atoms in total. The van der Waals surface area contributed by atoms with Crippen LogP contribution in [-0.2, 0) is 16.0 Å². The van der Waals surface area contributed by atoms with Crippen LogP contribution in [0.3, 0.4) is 0 Å². The first-order chi connectivity index (χ1) is 13.5. The quantitative estimate of drug-likeness (QED) is 0.503. The summed E-state index contributed by atoms with van der Waals surface area (Å²) in [5.41, 5.74) is 1.57. The molecule has 0 radical (unpaired) electrons. The normalized spacial score (nSPS) is 13.7. The van der Waals surface area contributed by atoms with Crippen molar-refractivity contribution in [3.05, 3.63) is 71.8 Å². The van der Waals surface area contributed by atoms with Gasteiger partial charge in [0.05, 0.1) is 0 Å². The molecule has 28 heavy (non-hydrogen) atoms. The summed E-state index contributed by atoms with van der Waals surface area (Å²) in [4.78, 5) is 23.4. The SMILES string of the molecule is O=C(/C=C/C=C/c1ccc2c(c1)OCO2)N[C@@H](Cc1ccc(O)cc1)C(=O)O. The zero-order valence-corrected chi connectivity index (χ0v) is 14.9. The van der Waals surface area contributed by atoms with E-state index < -0.39 is 17.9 Å². The Labute approximate surface area is 161 Å². The van der Waals surface area contributed by atoms with Crippen LogP contribution in [0.2, 0.25) is 0 Å². The van der Waals surface area contributed by atoms with E-state index in [1.807, 2.05) is 12.1 Å². The number of aliphatic carboxylic acids is 1. The summed E-state index contributed by atoms with van der Waals surface area (Å²) in [5.74, 6) is -0.188. The summed E-state index contributed by atoms with van der Waals surface area (Å²) in [7, 11) is 0. The molecule has 2 aromatic carbocycles. The molecule has 1 heterocycles. The predicted octanol–water partition coefficient (Wildman–Crippen LogP) is 2.50. The standard InChI is InChI=1S/C21H19NO6/c23-16-8-5-15(6-9-16)11-17(21(25)26)22-20(24)4-2-1-3-14-7-10-18-19(12-14)28-13-27-18/h1-10,12,17,23H,11,13H2,(H,22,24)(H,25,26)/b3-1+,4-2+/t17-/m0/s1. The molecule has 0 aliphatic carbocycles. The van der Waals surface area contributed by atoms with Gasteiger partial charge in [-0.15, -0.1) is 0 Å². The summed E-state index contributed by atoms with van der Waals surface area (Å²) in [6.07, 6.45) is 6.36. The van der Waals surface area contributed by atoms with Crippen LogP contribution in [-0.4, -0.2) is 34.9 Å². The number of ether oxygens (including phenoxy) is 2. The fourth-order valence-corrected chi connectivity index (χ4v) is 2.61. The Morgan fingerprint density at radius 3 is 2.57 bits per heavy atom. The highest BCUT2D eigenvalue weighted by molar-refractivity contribution is 5.91. The molecule has 3 N–H and O–H groups in total. The lowest BCUT2D eigenvalue weighted by molar-refractivity contribution is -0.141. The number of nitrogens with one attached hydrogen (secondary N) is 1. The molecule has 7 heteroatoms. The Balaban J connectivity index is 1.55. The van der Waals surface area contributed by atoms with Crippen LogP contribution in [0.1, 0.15) is 11.1 Å². The third-order valence-electron chi connectivity index (χ3n) is 4.03. The van der Waals surface area contributed by atoms with E-state index in [1.165, 1.54) is 24.3 Å². The van der Waals surface area contributed by atoms with Crippen LogP contribution in [0.15, 0.2) is 60.7 Å². The van der Waals surface area contributed by atoms with Gasteiger partial charge in [-0.25, -0.2) is 4.79 Å². The van der Waals surface area contributed by atoms with Crippen LogP contribution < -0.4 is 14.8 Å². The predicted molar refractivity (Wildman–Crippen MR) is 102 cm³/mol. The van der Waals surface area contributed by atoms with Crippen molar-refractivity contribution in [1.82, 2.24) is 5.32 Å². The molecule has 0 aromatic heterocycles. The maximum absolute atomic E-state index is 12.0. The Bertz CT molecular complexity index is 917. The van der Waals surface area contributed by atoms with Crippen molar-refractivity contribution in [2.45, 2.75) is 12.5 Å². The minimum atomic E-state index is -1.13. The molecular formula is C21H19NO6. The number of phenolic OH excluding ortho intramolecular Hbond substituents is 1. The second-order valence-corrected chi connectivity index (χ2v) is 6.10. The zero-order valence-electron chi connectivity index (χ0n) is 14.9. The second-order valence-electron chi connectivity index (χ2n) is 6.10. The number of carboxylic acid groups (broad SMARTS) is 1. The summed E-state index contributed by atoms with van der Waals surface area (Å²) < 4.78 is 10.5. The molecule has 0 saturated heterocycles. The number of rotatable bonds is 7. The average molecular weight is 381 g/mol. The highest BCUT2D eigenvalue weighted by atomic mass is 16.7. The van der Waals surface area contributed by atoms with Gasteiger partial charge in [-0.05, 0) is 35.4 Å². The number of carbonyl (C=O) groups is 2. The van der Waals surface area contributed by atoms with Gasteiger partial charge >= 0.3 is 5.97 Å². The minimum Gasteiger partial charge on any atom is -0.508 e. The fourth-order valence-electron chi connectivity index (χ4n) is 2.61. The molecule has 0 bridgehead atoms. The van der Waals surface area contributed by atoms with E-state index in [9.17, 15) is 19.8 Å². The summed E-state index contributed by atoms with van der Waals surface area (Å²) in [6, 6.07) is 10.6. The zero-order chi connectivity index (χ0) is 19.9. The van der Waals surface area contributed by atoms with E-state index in [0.29, 0.717) is 17.1 Å². The number of aromatic hydroxyl groups is 1. The molecule has 0 saturated carbocycles. The number of hydrogen-bond acceptors (Lipinski definition) is 5. The first-order valence-electron chi connectivity index (χ1n) is 8.57. The van der Waals surface area contributed by atoms with E-state index >= 15 is 0 Å². The van der Waals surface area contributed by atoms with Crippen molar-refractivity contribution in [3.8, 4) is 17.2 Å². The molecule has 0 fully saturated rings. The molecule has 3 rings (SSSR count). The summed E-state index contributed by atoms with van der Waals surface area (Å²) in [6.45, 7) is 0.206. The Morgan fingerprint density at radius 2 is 1.82 bits per heavy atom. The highest BCUT2D eigenvalue weighted by Crippen LogP contribution is 2.32. The molecule has 1 aliphatic heterocycles. The minimum absolute atomic E-state index is 0.0943. The van der Waals surface area contributed by atoms with Crippen molar-refractivity contribution in [3.63, 3.8) is 0 Å². The van der Waals surface area contributed by atoms with E-state index in [4.69, 9.17) is 9.47 Å². The van der Waals surface area contributed by atoms with Crippen molar-refractivity contribution in [1.29, 1.82) is 0 Å². The first kappa shape index (κ1) is 19.0. The van der Waals surface area contributed by atoms with Gasteiger partial charge in [0, 0.05) is 12.5 Å². The molecule has 1 atom stereocenters. The van der Waals surface area contributed by atoms with Gasteiger partial charge in [0.25, 0.3) is 0 Å². The van der Waals surface area contributed by atoms with E-state index in [1.54, 1.807) is 30.4 Å². The molecule has 1 aliphatic rings. The number of carboxylic acids is 1. The lowest BCUT2D eigenvalue weighted by Crippen LogP contribution is -2.41. The van der Waals surface area contributed by atoms with Crippen molar-refractivity contribution >= 4 is 18.0 Å². The number of amides is 1. The molecule has 0 spiro atoms. The monoisotopic (exact) mass is 381 g/mol. The fraction of sp³-hybridized carbons (Fsp3) is 0.143. The van der Waals surface area contributed by atoms with Crippen molar-refractivity contribution < 1.29 is 29.3 Å². The van der Waals surface area contributed by atoms with Gasteiger partial charge in [0.15, 0.2) is 11.5 Å². The number of phenols is 1. The van der Waals surface area contributed by atoms with E-state index in [0.717, 1.165) is 5.56 Å². The molecule has 0 unspecified atom stereocenters. The number of fused-ring (bicyclic) bond motifs is 1. The van der Waals surface area contributed by atoms with Crippen LogP contribution in [0.4, 0.5) is 0 Å². The Kier molecular flexibility index (Phi) is 5.96. The average Bonchev–Trinajstić information content (AvgIpc) is 3.14. The topological polar surface area (TPSA) is 105 Å². The lowest BCUT2D eigenvalue weighted by Gasteiger charge is -2.13. The molecular weight excluding hydrogens is 362 g/mol. The van der Waals surface area contributed by atoms with Crippen LogP contribution in [0, 0.1) is 0 Å². The van der Waals surface area contributed by atoms with Crippen molar-refractivity contribution in [2.24, 2.45) is 0 Å². The molecule has 144 valence electrons. The number of hydrogen-bond donors (Lipinski definition) is 3. The van der Waals surface area contributed by atoms with Gasteiger partial charge in [-0.3, -0.25) is 4.79 Å². The van der Waals surface area contributed by atoms with Gasteiger partial charge in [-0.2, -0.15) is 0 Å². The lowest BCUT2D eigenvalue weighted by atomic mass is 10.1.